The van der Waals surface area contributed by atoms with Gasteiger partial charge in [0.1, 0.15) is 0 Å². The number of rotatable bonds is 8. The van der Waals surface area contributed by atoms with E-state index in [0.29, 0.717) is 0 Å². The van der Waals surface area contributed by atoms with Crippen molar-refractivity contribution in [1.82, 2.24) is 0 Å². The number of hydrogen-bond donors (Lipinski definition) is 0. The number of ether oxygens (including phenoxy) is 4. The second kappa shape index (κ2) is 11.5. The Morgan fingerprint density at radius 1 is 0.310 bits per heavy atom. The third-order valence-electron chi connectivity index (χ3n) is 7.45. The molecule has 4 saturated carbocycles. The molecule has 0 unspecified atom stereocenters. The van der Waals surface area contributed by atoms with Gasteiger partial charge in [-0.05, 0) is 51.4 Å². The summed E-state index contributed by atoms with van der Waals surface area (Å²) in [4.78, 5) is 0. The van der Waals surface area contributed by atoms with Crippen molar-refractivity contribution in [2.45, 2.75) is 159 Å². The molecule has 4 aliphatic carbocycles. The Hall–Kier alpha value is -0.160. The van der Waals surface area contributed by atoms with E-state index in [0.717, 1.165) is 51.4 Å². The van der Waals surface area contributed by atoms with Crippen LogP contribution in [0.3, 0.4) is 0 Å². The molecule has 4 rings (SSSR count). The molecule has 0 aromatic rings. The van der Waals surface area contributed by atoms with Crippen LogP contribution in [0.4, 0.5) is 0 Å². The molecule has 0 saturated heterocycles. The minimum atomic E-state index is -1.27. The predicted molar refractivity (Wildman–Crippen MR) is 115 cm³/mol. The zero-order valence-corrected chi connectivity index (χ0v) is 18.6. The first-order valence-corrected chi connectivity index (χ1v) is 13.0. The molecule has 0 aliphatic heterocycles. The van der Waals surface area contributed by atoms with Gasteiger partial charge in [-0.25, -0.2) is 0 Å². The highest BCUT2D eigenvalue weighted by Crippen LogP contribution is 2.37. The van der Waals surface area contributed by atoms with Crippen molar-refractivity contribution < 1.29 is 18.9 Å². The average molecular weight is 409 g/mol. The molecular weight excluding hydrogens is 364 g/mol. The van der Waals surface area contributed by atoms with Crippen LogP contribution in [0.15, 0.2) is 0 Å². The van der Waals surface area contributed by atoms with Gasteiger partial charge in [0.25, 0.3) is 0 Å². The van der Waals surface area contributed by atoms with E-state index in [1.165, 1.54) is 77.0 Å². The van der Waals surface area contributed by atoms with E-state index in [1.807, 2.05) is 0 Å². The van der Waals surface area contributed by atoms with Crippen molar-refractivity contribution in [3.63, 3.8) is 0 Å². The molecule has 0 amide bonds. The van der Waals surface area contributed by atoms with Crippen LogP contribution < -0.4 is 0 Å². The van der Waals surface area contributed by atoms with Gasteiger partial charge in [0.2, 0.25) is 0 Å². The summed E-state index contributed by atoms with van der Waals surface area (Å²) in [5.41, 5.74) is 0. The lowest BCUT2D eigenvalue weighted by molar-refractivity contribution is -0.536. The summed E-state index contributed by atoms with van der Waals surface area (Å²) in [6.07, 6.45) is 23.7. The topological polar surface area (TPSA) is 36.9 Å². The van der Waals surface area contributed by atoms with E-state index in [2.05, 4.69) is 0 Å². The SMILES string of the molecule is C1CCC(OC(OC2CCCCC2)(OC2CCCCC2)OC2CCCCC2)CC1. The van der Waals surface area contributed by atoms with Gasteiger partial charge < -0.3 is 0 Å². The van der Waals surface area contributed by atoms with Gasteiger partial charge in [0.15, 0.2) is 0 Å². The van der Waals surface area contributed by atoms with E-state index in [-0.39, 0.29) is 24.4 Å². The summed E-state index contributed by atoms with van der Waals surface area (Å²) in [5.74, 6) is 0. The molecule has 0 aromatic carbocycles. The van der Waals surface area contributed by atoms with Crippen molar-refractivity contribution in [3.05, 3.63) is 0 Å². The predicted octanol–water partition coefficient (Wildman–Crippen LogP) is 6.99. The Morgan fingerprint density at radius 2 is 0.517 bits per heavy atom. The van der Waals surface area contributed by atoms with Crippen LogP contribution in [-0.2, 0) is 18.9 Å². The largest absolute Gasteiger partial charge is 0.413 e. The standard InChI is InChI=1S/C25H44O4/c1-5-13-21(14-6-1)26-25(27-22-15-7-2-8-16-22,28-23-17-9-3-10-18-23)29-24-19-11-4-12-20-24/h21-24H,1-20H2. The lowest BCUT2D eigenvalue weighted by atomic mass is 9.97. The van der Waals surface area contributed by atoms with Gasteiger partial charge in [-0.15, -0.1) is 0 Å². The minimum absolute atomic E-state index is 0.208. The maximum atomic E-state index is 6.72. The van der Waals surface area contributed by atoms with Gasteiger partial charge in [-0.3, -0.25) is 18.9 Å². The molecule has 0 radical (unpaired) electrons. The zero-order valence-electron chi connectivity index (χ0n) is 18.6. The fraction of sp³-hybridized carbons (Fsp3) is 1.00. The summed E-state index contributed by atoms with van der Waals surface area (Å²) in [6, 6.07) is 0. The van der Waals surface area contributed by atoms with Crippen LogP contribution in [0.1, 0.15) is 128 Å². The van der Waals surface area contributed by atoms with Gasteiger partial charge in [0, 0.05) is 0 Å². The fourth-order valence-electron chi connectivity index (χ4n) is 5.72. The number of hydrogen-bond acceptors (Lipinski definition) is 4. The van der Waals surface area contributed by atoms with Crippen molar-refractivity contribution >= 4 is 0 Å². The smallest absolute Gasteiger partial charge is 0.300 e. The van der Waals surface area contributed by atoms with E-state index < -0.39 is 6.16 Å². The highest BCUT2D eigenvalue weighted by Gasteiger charge is 2.46. The monoisotopic (exact) mass is 408 g/mol. The van der Waals surface area contributed by atoms with Crippen LogP contribution in [0.5, 0.6) is 0 Å². The summed E-state index contributed by atoms with van der Waals surface area (Å²) in [7, 11) is 0. The normalized spacial score (nSPS) is 27.3. The van der Waals surface area contributed by atoms with E-state index in [9.17, 15) is 0 Å². The van der Waals surface area contributed by atoms with Gasteiger partial charge in [-0.1, -0.05) is 77.0 Å². The van der Waals surface area contributed by atoms with Crippen LogP contribution >= 0.6 is 0 Å². The van der Waals surface area contributed by atoms with E-state index in [4.69, 9.17) is 18.9 Å². The zero-order chi connectivity index (χ0) is 19.8. The molecule has 4 fully saturated rings. The Morgan fingerprint density at radius 3 is 0.724 bits per heavy atom. The van der Waals surface area contributed by atoms with Crippen LogP contribution in [0.2, 0.25) is 0 Å². The Kier molecular flexibility index (Phi) is 8.71. The molecule has 0 heterocycles. The highest BCUT2D eigenvalue weighted by molar-refractivity contribution is 4.74. The lowest BCUT2D eigenvalue weighted by Crippen LogP contribution is -2.52. The Labute approximate surface area is 178 Å². The Bertz CT molecular complexity index is 358. The van der Waals surface area contributed by atoms with Gasteiger partial charge >= 0.3 is 6.16 Å². The molecule has 0 aromatic heterocycles. The van der Waals surface area contributed by atoms with Crippen molar-refractivity contribution in [2.75, 3.05) is 0 Å². The van der Waals surface area contributed by atoms with Crippen LogP contribution in [-0.4, -0.2) is 30.6 Å². The molecular formula is C25H44O4. The molecule has 0 spiro atoms. The van der Waals surface area contributed by atoms with Gasteiger partial charge in [-0.2, -0.15) is 0 Å². The molecule has 0 bridgehead atoms. The molecule has 4 nitrogen and oxygen atoms in total. The molecule has 168 valence electrons. The average Bonchev–Trinajstić information content (AvgIpc) is 2.76. The van der Waals surface area contributed by atoms with E-state index in [1.54, 1.807) is 0 Å². The summed E-state index contributed by atoms with van der Waals surface area (Å²) < 4.78 is 26.9. The van der Waals surface area contributed by atoms with Crippen LogP contribution in [0.25, 0.3) is 0 Å². The highest BCUT2D eigenvalue weighted by atomic mass is 17.0. The summed E-state index contributed by atoms with van der Waals surface area (Å²) in [5, 5.41) is 0. The molecule has 0 N–H and O–H groups in total. The molecule has 0 atom stereocenters. The van der Waals surface area contributed by atoms with Crippen LogP contribution in [0, 0.1) is 0 Å². The fourth-order valence-corrected chi connectivity index (χ4v) is 5.72. The first kappa shape index (κ1) is 22.0. The summed E-state index contributed by atoms with van der Waals surface area (Å²) in [6.45, 7) is 0. The Balaban J connectivity index is 1.51. The van der Waals surface area contributed by atoms with Crippen molar-refractivity contribution in [3.8, 4) is 0 Å². The molecule has 4 aliphatic rings. The second-order valence-corrected chi connectivity index (χ2v) is 10.0. The maximum absolute atomic E-state index is 6.72. The van der Waals surface area contributed by atoms with E-state index >= 15 is 0 Å². The third kappa shape index (κ3) is 6.92. The third-order valence-corrected chi connectivity index (χ3v) is 7.45. The first-order valence-electron chi connectivity index (χ1n) is 13.0. The molecule has 29 heavy (non-hydrogen) atoms. The minimum Gasteiger partial charge on any atom is -0.300 e. The molecule has 4 heteroatoms. The first-order chi connectivity index (χ1) is 14.3. The van der Waals surface area contributed by atoms with Crippen molar-refractivity contribution in [2.24, 2.45) is 0 Å². The quantitative estimate of drug-likeness (QED) is 0.405. The van der Waals surface area contributed by atoms with Crippen molar-refractivity contribution in [1.29, 1.82) is 0 Å². The second-order valence-electron chi connectivity index (χ2n) is 10.0. The maximum Gasteiger partial charge on any atom is 0.413 e. The summed E-state index contributed by atoms with van der Waals surface area (Å²) >= 11 is 0. The lowest BCUT2D eigenvalue weighted by Gasteiger charge is -2.43. The van der Waals surface area contributed by atoms with Gasteiger partial charge in [0.05, 0.1) is 24.4 Å².